The fourth-order valence-electron chi connectivity index (χ4n) is 6.41. The number of likely N-dealkylation sites (tertiary alicyclic amines) is 1. The van der Waals surface area contributed by atoms with Crippen LogP contribution in [0.4, 0.5) is 16.0 Å². The van der Waals surface area contributed by atoms with Crippen molar-refractivity contribution in [2.75, 3.05) is 24.2 Å². The van der Waals surface area contributed by atoms with Crippen LogP contribution in [0.15, 0.2) is 66.5 Å². The summed E-state index contributed by atoms with van der Waals surface area (Å²) in [6, 6.07) is 16.6. The second-order valence-electron chi connectivity index (χ2n) is 11.7. The molecule has 3 aliphatic rings. The molecule has 1 aliphatic carbocycles. The number of para-hydroxylation sites is 1. The molecular formula is C32H35FN8O2. The predicted octanol–water partition coefficient (Wildman–Crippen LogP) is 4.24. The van der Waals surface area contributed by atoms with Gasteiger partial charge in [-0.25, -0.2) is 19.8 Å². The van der Waals surface area contributed by atoms with E-state index in [1.165, 1.54) is 12.4 Å². The van der Waals surface area contributed by atoms with Crippen molar-refractivity contribution in [1.82, 2.24) is 25.6 Å². The molecule has 2 aliphatic heterocycles. The topological polar surface area (TPSA) is 141 Å². The van der Waals surface area contributed by atoms with Crippen LogP contribution in [-0.4, -0.2) is 45.9 Å². The first kappa shape index (κ1) is 28.6. The number of nitrogens with two attached hydrogens (primary N) is 1. The molecule has 1 amide bonds. The number of hydrogen-bond donors (Lipinski definition) is 4. The Hall–Kier alpha value is -4.53. The maximum absolute atomic E-state index is 16.2. The van der Waals surface area contributed by atoms with Crippen LogP contribution in [0.3, 0.4) is 0 Å². The van der Waals surface area contributed by atoms with E-state index in [1.807, 2.05) is 18.2 Å². The summed E-state index contributed by atoms with van der Waals surface area (Å²) in [6.45, 7) is 4.93. The summed E-state index contributed by atoms with van der Waals surface area (Å²) in [5.41, 5.74) is 12.6. The molecule has 222 valence electrons. The van der Waals surface area contributed by atoms with E-state index in [2.05, 4.69) is 46.1 Å². The maximum Gasteiger partial charge on any atom is 0.264 e. The molecule has 4 unspecified atom stereocenters. The number of rotatable bonds is 8. The summed E-state index contributed by atoms with van der Waals surface area (Å²) in [7, 11) is 0. The number of hydrogen-bond acceptors (Lipinski definition) is 9. The summed E-state index contributed by atoms with van der Waals surface area (Å²) < 4.78 is 22.1. The second kappa shape index (κ2) is 11.6. The predicted molar refractivity (Wildman–Crippen MR) is 160 cm³/mol. The van der Waals surface area contributed by atoms with E-state index in [0.717, 1.165) is 6.42 Å². The molecule has 2 aromatic carbocycles. The minimum absolute atomic E-state index is 0.141. The van der Waals surface area contributed by atoms with Crippen molar-refractivity contribution in [1.29, 1.82) is 5.26 Å². The van der Waals surface area contributed by atoms with Crippen molar-refractivity contribution in [3.63, 3.8) is 0 Å². The summed E-state index contributed by atoms with van der Waals surface area (Å²) in [5.74, 6) is 0.626. The molecule has 43 heavy (non-hydrogen) atoms. The Balaban J connectivity index is 1.32. The van der Waals surface area contributed by atoms with Gasteiger partial charge in [0.05, 0.1) is 5.56 Å². The summed E-state index contributed by atoms with van der Waals surface area (Å²) in [6.07, 6.45) is 5.38. The van der Waals surface area contributed by atoms with Crippen LogP contribution < -0.4 is 26.6 Å². The highest BCUT2D eigenvalue weighted by Crippen LogP contribution is 2.49. The molecule has 0 bridgehead atoms. The van der Waals surface area contributed by atoms with Gasteiger partial charge in [0.2, 0.25) is 0 Å². The monoisotopic (exact) mass is 582 g/mol. The Morgan fingerprint density at radius 2 is 2.07 bits per heavy atom. The molecule has 4 atom stereocenters. The Kier molecular flexibility index (Phi) is 7.73. The number of hydrazine groups is 1. The van der Waals surface area contributed by atoms with E-state index in [9.17, 15) is 10.1 Å². The van der Waals surface area contributed by atoms with Crippen molar-refractivity contribution in [3.8, 4) is 17.6 Å². The number of nitrogens with zero attached hydrogens (tertiary/aromatic N) is 4. The molecule has 1 saturated heterocycles. The number of anilines is 2. The van der Waals surface area contributed by atoms with E-state index < -0.39 is 11.4 Å². The summed E-state index contributed by atoms with van der Waals surface area (Å²) in [4.78, 5) is 23.9. The number of piperidine rings is 1. The van der Waals surface area contributed by atoms with Gasteiger partial charge >= 0.3 is 0 Å². The number of nitrogens with one attached hydrogen (secondary N) is 3. The molecule has 6 rings (SSSR count). The molecule has 0 spiro atoms. The quantitative estimate of drug-likeness (QED) is 0.227. The standard InChI is InChI=1S/C32H35FN8O2/c1-19(2)38-27-14-20(27)13-21(16-34)31(42)41-12-6-7-22(17-41)32(28-29(35)36-18-37-30(28)39-40-32)25-11-10-24(15-26(25)33)43-23-8-4-3-5-9-23/h3-5,8-11,13,15,18-20,22,27,38,40H,6-7,12,14,17H2,1-2H3,(H3,35,36,37,39). The van der Waals surface area contributed by atoms with E-state index in [-0.39, 0.29) is 41.7 Å². The van der Waals surface area contributed by atoms with Crippen LogP contribution in [0.1, 0.15) is 44.2 Å². The molecule has 10 nitrogen and oxygen atoms in total. The first-order chi connectivity index (χ1) is 20.8. The average molecular weight is 583 g/mol. The molecule has 1 aromatic heterocycles. The van der Waals surface area contributed by atoms with Crippen LogP contribution in [0.2, 0.25) is 0 Å². The van der Waals surface area contributed by atoms with Gasteiger partial charge in [0.15, 0.2) is 5.82 Å². The van der Waals surface area contributed by atoms with Crippen molar-refractivity contribution in [2.24, 2.45) is 11.8 Å². The second-order valence-corrected chi connectivity index (χ2v) is 11.7. The van der Waals surface area contributed by atoms with Crippen molar-refractivity contribution in [3.05, 3.63) is 83.5 Å². The highest BCUT2D eigenvalue weighted by Gasteiger charge is 2.52. The fraction of sp³-hybridized carbons (Fsp3) is 0.375. The molecular weight excluding hydrogens is 547 g/mol. The third-order valence-corrected chi connectivity index (χ3v) is 8.43. The van der Waals surface area contributed by atoms with E-state index in [4.69, 9.17) is 10.5 Å². The number of amides is 1. The zero-order valence-corrected chi connectivity index (χ0v) is 24.2. The summed E-state index contributed by atoms with van der Waals surface area (Å²) >= 11 is 0. The maximum atomic E-state index is 16.2. The van der Waals surface area contributed by atoms with Crippen LogP contribution in [0.5, 0.6) is 11.5 Å². The molecule has 3 heterocycles. The fourth-order valence-corrected chi connectivity index (χ4v) is 6.41. The smallest absolute Gasteiger partial charge is 0.264 e. The molecule has 5 N–H and O–H groups in total. The number of fused-ring (bicyclic) bond motifs is 1. The minimum Gasteiger partial charge on any atom is -0.457 e. The normalized spacial score (nSPS) is 24.7. The number of ether oxygens (including phenoxy) is 1. The first-order valence-corrected chi connectivity index (χ1v) is 14.6. The number of carbonyl (C=O) groups is 1. The number of halogens is 1. The van der Waals surface area contributed by atoms with Gasteiger partial charge in [-0.05, 0) is 43.4 Å². The van der Waals surface area contributed by atoms with E-state index in [0.29, 0.717) is 53.9 Å². The van der Waals surface area contributed by atoms with Crippen LogP contribution >= 0.6 is 0 Å². The lowest BCUT2D eigenvalue weighted by atomic mass is 9.70. The van der Waals surface area contributed by atoms with Crippen molar-refractivity contribution < 1.29 is 13.9 Å². The third kappa shape index (κ3) is 5.51. The lowest BCUT2D eigenvalue weighted by Gasteiger charge is -2.43. The van der Waals surface area contributed by atoms with Gasteiger partial charge in [0, 0.05) is 42.7 Å². The zero-order valence-electron chi connectivity index (χ0n) is 24.2. The van der Waals surface area contributed by atoms with E-state index in [1.54, 1.807) is 35.2 Å². The van der Waals surface area contributed by atoms with Gasteiger partial charge in [0.1, 0.15) is 46.6 Å². The largest absolute Gasteiger partial charge is 0.457 e. The van der Waals surface area contributed by atoms with Gasteiger partial charge in [-0.15, -0.1) is 0 Å². The van der Waals surface area contributed by atoms with Crippen LogP contribution in [0, 0.1) is 29.0 Å². The Morgan fingerprint density at radius 1 is 1.26 bits per heavy atom. The highest BCUT2D eigenvalue weighted by molar-refractivity contribution is 5.97. The Labute approximate surface area is 250 Å². The Morgan fingerprint density at radius 3 is 2.81 bits per heavy atom. The molecule has 0 radical (unpaired) electrons. The Bertz CT molecular complexity index is 1590. The third-order valence-electron chi connectivity index (χ3n) is 8.43. The first-order valence-electron chi connectivity index (χ1n) is 14.6. The molecule has 1 saturated carbocycles. The number of benzene rings is 2. The van der Waals surface area contributed by atoms with Gasteiger partial charge in [-0.2, -0.15) is 5.26 Å². The average Bonchev–Trinajstić information content (AvgIpc) is 3.60. The molecule has 2 fully saturated rings. The van der Waals surface area contributed by atoms with Gasteiger partial charge < -0.3 is 26.1 Å². The number of aromatic nitrogens is 2. The van der Waals surface area contributed by atoms with Crippen LogP contribution in [0.25, 0.3) is 0 Å². The van der Waals surface area contributed by atoms with Crippen molar-refractivity contribution >= 4 is 17.5 Å². The van der Waals surface area contributed by atoms with Gasteiger partial charge in [-0.1, -0.05) is 44.2 Å². The highest BCUT2D eigenvalue weighted by atomic mass is 19.1. The van der Waals surface area contributed by atoms with E-state index >= 15 is 4.39 Å². The van der Waals surface area contributed by atoms with Gasteiger partial charge in [0.25, 0.3) is 5.91 Å². The van der Waals surface area contributed by atoms with Gasteiger partial charge in [-0.3, -0.25) is 4.79 Å². The van der Waals surface area contributed by atoms with Crippen molar-refractivity contribution in [2.45, 2.75) is 50.7 Å². The van der Waals surface area contributed by atoms with Crippen LogP contribution in [-0.2, 0) is 10.3 Å². The number of carbonyl (C=O) groups excluding carboxylic acids is 1. The number of nitriles is 1. The zero-order chi connectivity index (χ0) is 30.1. The lowest BCUT2D eigenvalue weighted by molar-refractivity contribution is -0.129. The molecule has 11 heteroatoms. The number of nitrogen functional groups attached to an aromatic ring is 1. The lowest BCUT2D eigenvalue weighted by Crippen LogP contribution is -2.54. The summed E-state index contributed by atoms with van der Waals surface area (Å²) in [5, 5.41) is 13.4. The molecule has 3 aromatic rings. The minimum atomic E-state index is -1.19. The SMILES string of the molecule is CC(C)NC1CC1C=C(C#N)C(=O)N1CCCC(C2(c3ccc(Oc4ccccc4)cc3F)NNc3ncnc(N)c32)C1.